The summed E-state index contributed by atoms with van der Waals surface area (Å²) in [7, 11) is 0. The lowest BCUT2D eigenvalue weighted by atomic mass is 9.87. The van der Waals surface area contributed by atoms with E-state index in [4.69, 9.17) is 15.7 Å². The molecule has 0 spiro atoms. The molecule has 1 aliphatic rings. The molecule has 6 nitrogen and oxygen atoms in total. The molecule has 0 saturated heterocycles. The zero-order valence-electron chi connectivity index (χ0n) is 9.70. The van der Waals surface area contributed by atoms with Gasteiger partial charge >= 0.3 is 0 Å². The number of carbonyl (C=O) groups excluding carboxylic acids is 2. The van der Waals surface area contributed by atoms with Gasteiger partial charge in [-0.2, -0.15) is 5.26 Å². The molecule has 94 valence electrons. The van der Waals surface area contributed by atoms with Gasteiger partial charge in [-0.25, -0.2) is 0 Å². The molecule has 3 N–H and O–H groups in total. The Labute approximate surface area is 100 Å². The van der Waals surface area contributed by atoms with Crippen LogP contribution in [0.2, 0.25) is 0 Å². The molecule has 0 bridgehead atoms. The van der Waals surface area contributed by atoms with Gasteiger partial charge in [-0.3, -0.25) is 9.59 Å². The van der Waals surface area contributed by atoms with Gasteiger partial charge in [0.15, 0.2) is 0 Å². The van der Waals surface area contributed by atoms with Crippen molar-refractivity contribution in [3.8, 4) is 6.07 Å². The quantitative estimate of drug-likeness (QED) is 0.620. The normalized spacial score (nSPS) is 17.4. The highest BCUT2D eigenvalue weighted by Gasteiger charge is 2.41. The predicted octanol–water partition coefficient (Wildman–Crippen LogP) is -0.312. The second-order valence-corrected chi connectivity index (χ2v) is 4.18. The summed E-state index contributed by atoms with van der Waals surface area (Å²) in [5, 5.41) is 11.7. The number of primary amides is 1. The van der Waals surface area contributed by atoms with Gasteiger partial charge < -0.3 is 15.8 Å². The standard InChI is InChI=1S/C11H17N3O3/c12-8-11(3-1-2-4-11)10(16)14-5-6-17-7-9(13)15/h1-7H2,(H2,13,15)(H,14,16). The van der Waals surface area contributed by atoms with E-state index in [2.05, 4.69) is 11.4 Å². The Bertz CT molecular complexity index is 329. The molecular weight excluding hydrogens is 222 g/mol. The number of nitriles is 1. The summed E-state index contributed by atoms with van der Waals surface area (Å²) < 4.78 is 4.90. The van der Waals surface area contributed by atoms with E-state index < -0.39 is 11.3 Å². The van der Waals surface area contributed by atoms with E-state index in [1.807, 2.05) is 0 Å². The Morgan fingerprint density at radius 3 is 2.59 bits per heavy atom. The van der Waals surface area contributed by atoms with Crippen molar-refractivity contribution in [2.24, 2.45) is 11.1 Å². The molecule has 1 aliphatic carbocycles. The van der Waals surface area contributed by atoms with Crippen LogP contribution in [0.5, 0.6) is 0 Å². The molecular formula is C11H17N3O3. The van der Waals surface area contributed by atoms with Crippen LogP contribution in [-0.2, 0) is 14.3 Å². The minimum Gasteiger partial charge on any atom is -0.370 e. The highest BCUT2D eigenvalue weighted by molar-refractivity contribution is 5.85. The van der Waals surface area contributed by atoms with E-state index in [0.29, 0.717) is 12.8 Å². The molecule has 0 radical (unpaired) electrons. The minimum absolute atomic E-state index is 0.154. The summed E-state index contributed by atoms with van der Waals surface area (Å²) in [4.78, 5) is 22.2. The Kier molecular flexibility index (Phi) is 4.91. The van der Waals surface area contributed by atoms with Crippen molar-refractivity contribution in [3.63, 3.8) is 0 Å². The van der Waals surface area contributed by atoms with Gasteiger partial charge in [0.25, 0.3) is 0 Å². The topological polar surface area (TPSA) is 105 Å². The Morgan fingerprint density at radius 2 is 2.06 bits per heavy atom. The zero-order valence-corrected chi connectivity index (χ0v) is 9.70. The largest absolute Gasteiger partial charge is 0.370 e. The first-order chi connectivity index (χ1) is 8.10. The lowest BCUT2D eigenvalue weighted by molar-refractivity contribution is -0.128. The van der Waals surface area contributed by atoms with E-state index in [-0.39, 0.29) is 25.7 Å². The predicted molar refractivity (Wildman–Crippen MR) is 59.5 cm³/mol. The molecule has 17 heavy (non-hydrogen) atoms. The fourth-order valence-electron chi connectivity index (χ4n) is 1.95. The number of nitrogens with one attached hydrogen (secondary N) is 1. The number of amides is 2. The molecule has 1 saturated carbocycles. The number of carbonyl (C=O) groups is 2. The summed E-state index contributed by atoms with van der Waals surface area (Å²) in [6, 6.07) is 2.11. The average Bonchev–Trinajstić information content (AvgIpc) is 2.77. The van der Waals surface area contributed by atoms with Crippen LogP contribution in [0.1, 0.15) is 25.7 Å². The first-order valence-corrected chi connectivity index (χ1v) is 5.66. The van der Waals surface area contributed by atoms with E-state index in [1.54, 1.807) is 0 Å². The third-order valence-electron chi connectivity index (χ3n) is 2.88. The molecule has 0 atom stereocenters. The van der Waals surface area contributed by atoms with Gasteiger partial charge in [0.05, 0.1) is 12.7 Å². The highest BCUT2D eigenvalue weighted by Crippen LogP contribution is 2.37. The number of hydrogen-bond acceptors (Lipinski definition) is 4. The summed E-state index contributed by atoms with van der Waals surface area (Å²) in [5.41, 5.74) is 4.02. The number of rotatable bonds is 6. The van der Waals surface area contributed by atoms with Crippen LogP contribution in [0.25, 0.3) is 0 Å². The lowest BCUT2D eigenvalue weighted by Crippen LogP contribution is -2.40. The van der Waals surface area contributed by atoms with E-state index >= 15 is 0 Å². The molecule has 0 aromatic carbocycles. The van der Waals surface area contributed by atoms with Crippen molar-refractivity contribution in [2.45, 2.75) is 25.7 Å². The van der Waals surface area contributed by atoms with Gasteiger partial charge in [-0.15, -0.1) is 0 Å². The van der Waals surface area contributed by atoms with Crippen molar-refractivity contribution in [1.29, 1.82) is 5.26 Å². The molecule has 0 aromatic heterocycles. The molecule has 6 heteroatoms. The molecule has 0 unspecified atom stereocenters. The summed E-state index contributed by atoms with van der Waals surface area (Å²) >= 11 is 0. The maximum absolute atomic E-state index is 11.8. The van der Waals surface area contributed by atoms with E-state index in [0.717, 1.165) is 12.8 Å². The monoisotopic (exact) mass is 239 g/mol. The lowest BCUT2D eigenvalue weighted by Gasteiger charge is -2.18. The SMILES string of the molecule is N#CC1(C(=O)NCCOCC(N)=O)CCCC1. The highest BCUT2D eigenvalue weighted by atomic mass is 16.5. The fraction of sp³-hybridized carbons (Fsp3) is 0.727. The third-order valence-corrected chi connectivity index (χ3v) is 2.88. The smallest absolute Gasteiger partial charge is 0.243 e. The first-order valence-electron chi connectivity index (χ1n) is 5.66. The van der Waals surface area contributed by atoms with Crippen molar-refractivity contribution in [1.82, 2.24) is 5.32 Å². The zero-order chi connectivity index (χ0) is 12.7. The fourth-order valence-corrected chi connectivity index (χ4v) is 1.95. The number of hydrogen-bond donors (Lipinski definition) is 2. The van der Waals surface area contributed by atoms with Crippen molar-refractivity contribution >= 4 is 11.8 Å². The molecule has 0 aliphatic heterocycles. The minimum atomic E-state index is -0.857. The van der Waals surface area contributed by atoms with Crippen LogP contribution in [-0.4, -0.2) is 31.6 Å². The molecule has 1 rings (SSSR count). The molecule has 2 amide bonds. The van der Waals surface area contributed by atoms with Crippen LogP contribution < -0.4 is 11.1 Å². The first kappa shape index (κ1) is 13.5. The van der Waals surface area contributed by atoms with Crippen molar-refractivity contribution < 1.29 is 14.3 Å². The van der Waals surface area contributed by atoms with Crippen LogP contribution in [0, 0.1) is 16.7 Å². The average molecular weight is 239 g/mol. The summed E-state index contributed by atoms with van der Waals surface area (Å²) in [6.07, 6.45) is 3.08. The van der Waals surface area contributed by atoms with Gasteiger partial charge in [0.2, 0.25) is 11.8 Å². The van der Waals surface area contributed by atoms with Crippen molar-refractivity contribution in [2.75, 3.05) is 19.8 Å². The second kappa shape index (κ2) is 6.21. The van der Waals surface area contributed by atoms with Gasteiger partial charge in [0, 0.05) is 6.54 Å². The Balaban J connectivity index is 2.25. The van der Waals surface area contributed by atoms with Crippen LogP contribution in [0.4, 0.5) is 0 Å². The Hall–Kier alpha value is -1.61. The second-order valence-electron chi connectivity index (χ2n) is 4.18. The maximum atomic E-state index is 11.8. The van der Waals surface area contributed by atoms with Crippen LogP contribution in [0.3, 0.4) is 0 Å². The van der Waals surface area contributed by atoms with Crippen LogP contribution in [0.15, 0.2) is 0 Å². The molecule has 1 fully saturated rings. The molecule has 0 aromatic rings. The van der Waals surface area contributed by atoms with E-state index in [9.17, 15) is 9.59 Å². The van der Waals surface area contributed by atoms with Crippen LogP contribution >= 0.6 is 0 Å². The molecule has 0 heterocycles. The number of nitrogens with zero attached hydrogens (tertiary/aromatic N) is 1. The van der Waals surface area contributed by atoms with E-state index in [1.165, 1.54) is 0 Å². The third kappa shape index (κ3) is 3.71. The van der Waals surface area contributed by atoms with Gasteiger partial charge in [-0.1, -0.05) is 12.8 Å². The van der Waals surface area contributed by atoms with Gasteiger partial charge in [-0.05, 0) is 12.8 Å². The number of nitrogens with two attached hydrogens (primary N) is 1. The Morgan fingerprint density at radius 1 is 1.41 bits per heavy atom. The van der Waals surface area contributed by atoms with Gasteiger partial charge in [0.1, 0.15) is 12.0 Å². The summed E-state index contributed by atoms with van der Waals surface area (Å²) in [6.45, 7) is 0.352. The number of ether oxygens (including phenoxy) is 1. The van der Waals surface area contributed by atoms with Crippen molar-refractivity contribution in [3.05, 3.63) is 0 Å². The maximum Gasteiger partial charge on any atom is 0.243 e. The summed E-state index contributed by atoms with van der Waals surface area (Å²) in [5.74, 6) is -0.777.